The van der Waals surface area contributed by atoms with Crippen molar-refractivity contribution in [2.24, 2.45) is 0 Å². The molecule has 0 radical (unpaired) electrons. The number of hydrogen-bond donors (Lipinski definition) is 2. The molecule has 0 bridgehead atoms. The van der Waals surface area contributed by atoms with Gasteiger partial charge in [-0.25, -0.2) is 0 Å². The molecule has 0 aliphatic carbocycles. The summed E-state index contributed by atoms with van der Waals surface area (Å²) in [5.74, 6) is -0.374. The van der Waals surface area contributed by atoms with Gasteiger partial charge < -0.3 is 10.6 Å². The van der Waals surface area contributed by atoms with Crippen LogP contribution in [-0.2, 0) is 0 Å². The predicted molar refractivity (Wildman–Crippen MR) is 91.9 cm³/mol. The molecule has 0 saturated heterocycles. The van der Waals surface area contributed by atoms with Crippen LogP contribution in [0.25, 0.3) is 0 Å². The number of likely N-dealkylation sites (N-methyl/N-ethyl adjacent to an activating group) is 1. The fraction of sp³-hybridized carbons (Fsp3) is 0.263. The first-order valence-electron chi connectivity index (χ1n) is 7.68. The molecular weight excluding hydrogens is 288 g/mol. The number of amides is 1. The molecule has 2 aromatic rings. The number of carbonyl (C=O) groups excluding carboxylic acids is 2. The molecule has 0 aliphatic heterocycles. The normalized spacial score (nSPS) is 11.8. The number of hydrogen-bond acceptors (Lipinski definition) is 3. The van der Waals surface area contributed by atoms with Gasteiger partial charge in [-0.1, -0.05) is 48.0 Å². The van der Waals surface area contributed by atoms with E-state index in [4.69, 9.17) is 0 Å². The Kier molecular flexibility index (Phi) is 5.66. The molecule has 0 aromatic heterocycles. The number of benzene rings is 2. The van der Waals surface area contributed by atoms with Gasteiger partial charge in [0.1, 0.15) is 0 Å². The number of aryl methyl sites for hydroxylation is 1. The lowest BCUT2D eigenvalue weighted by Crippen LogP contribution is -2.37. The van der Waals surface area contributed by atoms with Crippen LogP contribution in [0.1, 0.15) is 38.8 Å². The summed E-state index contributed by atoms with van der Waals surface area (Å²) in [4.78, 5) is 25.1. The van der Waals surface area contributed by atoms with E-state index in [2.05, 4.69) is 10.6 Å². The predicted octanol–water partition coefficient (Wildman–Crippen LogP) is 2.56. The fourth-order valence-electron chi connectivity index (χ4n) is 2.18. The highest BCUT2D eigenvalue weighted by Gasteiger charge is 2.18. The molecule has 0 heterocycles. The van der Waals surface area contributed by atoms with Gasteiger partial charge in [-0.3, -0.25) is 9.59 Å². The molecule has 2 aromatic carbocycles. The molecule has 4 heteroatoms. The largest absolute Gasteiger partial charge is 0.350 e. The van der Waals surface area contributed by atoms with Crippen molar-refractivity contribution >= 4 is 11.7 Å². The van der Waals surface area contributed by atoms with Crippen LogP contribution in [0.3, 0.4) is 0 Å². The molecule has 1 amide bonds. The van der Waals surface area contributed by atoms with E-state index in [1.165, 1.54) is 0 Å². The Hall–Kier alpha value is -2.46. The lowest BCUT2D eigenvalue weighted by Gasteiger charge is -2.13. The minimum Gasteiger partial charge on any atom is -0.350 e. The van der Waals surface area contributed by atoms with Crippen molar-refractivity contribution in [1.29, 1.82) is 0 Å². The van der Waals surface area contributed by atoms with E-state index < -0.39 is 0 Å². The zero-order valence-corrected chi connectivity index (χ0v) is 13.7. The van der Waals surface area contributed by atoms with Crippen molar-refractivity contribution < 1.29 is 9.59 Å². The summed E-state index contributed by atoms with van der Waals surface area (Å²) in [7, 11) is 1.84. The van der Waals surface area contributed by atoms with Crippen LogP contribution < -0.4 is 10.6 Å². The Morgan fingerprint density at radius 2 is 1.61 bits per heavy atom. The Balaban J connectivity index is 2.24. The summed E-state index contributed by atoms with van der Waals surface area (Å²) in [5, 5.41) is 5.91. The van der Waals surface area contributed by atoms with Crippen molar-refractivity contribution in [2.75, 3.05) is 13.6 Å². The quantitative estimate of drug-likeness (QED) is 0.806. The van der Waals surface area contributed by atoms with Crippen LogP contribution in [0.5, 0.6) is 0 Å². The highest BCUT2D eigenvalue weighted by atomic mass is 16.2. The van der Waals surface area contributed by atoms with E-state index in [1.54, 1.807) is 36.4 Å². The molecule has 0 fully saturated rings. The smallest absolute Gasteiger partial charge is 0.252 e. The first-order chi connectivity index (χ1) is 11.0. The Morgan fingerprint density at radius 3 is 2.22 bits per heavy atom. The minimum atomic E-state index is -0.233. The van der Waals surface area contributed by atoms with Gasteiger partial charge in [0, 0.05) is 23.7 Å². The van der Waals surface area contributed by atoms with Gasteiger partial charge in [-0.05, 0) is 27.0 Å². The fourth-order valence-corrected chi connectivity index (χ4v) is 2.18. The summed E-state index contributed by atoms with van der Waals surface area (Å²) in [6, 6.07) is 14.4. The first-order valence-corrected chi connectivity index (χ1v) is 7.68. The zero-order valence-electron chi connectivity index (χ0n) is 13.7. The first kappa shape index (κ1) is 16.9. The molecule has 2 N–H and O–H groups in total. The Bertz CT molecular complexity index is 693. The van der Waals surface area contributed by atoms with Crippen molar-refractivity contribution in [3.8, 4) is 0 Å². The van der Waals surface area contributed by atoms with Crippen molar-refractivity contribution in [3.63, 3.8) is 0 Å². The molecule has 4 nitrogen and oxygen atoms in total. The van der Waals surface area contributed by atoms with Crippen LogP contribution in [0.2, 0.25) is 0 Å². The number of carbonyl (C=O) groups is 2. The van der Waals surface area contributed by atoms with Crippen molar-refractivity contribution in [1.82, 2.24) is 10.6 Å². The summed E-state index contributed by atoms with van der Waals surface area (Å²) in [6.45, 7) is 4.45. The third-order valence-corrected chi connectivity index (χ3v) is 3.79. The number of rotatable bonds is 6. The van der Waals surface area contributed by atoms with E-state index in [-0.39, 0.29) is 17.7 Å². The maximum atomic E-state index is 12.7. The van der Waals surface area contributed by atoms with Crippen molar-refractivity contribution in [2.45, 2.75) is 19.9 Å². The van der Waals surface area contributed by atoms with Crippen LogP contribution in [0.4, 0.5) is 0 Å². The van der Waals surface area contributed by atoms with Gasteiger partial charge in [-0.2, -0.15) is 0 Å². The van der Waals surface area contributed by atoms with E-state index in [1.807, 2.05) is 33.0 Å². The maximum Gasteiger partial charge on any atom is 0.252 e. The van der Waals surface area contributed by atoms with Crippen LogP contribution >= 0.6 is 0 Å². The molecule has 1 atom stereocenters. The maximum absolute atomic E-state index is 12.7. The zero-order chi connectivity index (χ0) is 16.8. The Labute approximate surface area is 136 Å². The second-order valence-electron chi connectivity index (χ2n) is 5.64. The van der Waals surface area contributed by atoms with Crippen LogP contribution in [0, 0.1) is 6.92 Å². The second-order valence-corrected chi connectivity index (χ2v) is 5.64. The second kappa shape index (κ2) is 7.70. The number of ketones is 1. The SMILES string of the molecule is CNC(C)CNC(=O)c1ccccc1C(=O)c1ccc(C)cc1. The van der Waals surface area contributed by atoms with E-state index in [0.717, 1.165) is 5.56 Å². The van der Waals surface area contributed by atoms with Gasteiger partial charge >= 0.3 is 0 Å². The van der Waals surface area contributed by atoms with Gasteiger partial charge in [0.05, 0.1) is 5.56 Å². The summed E-state index contributed by atoms with van der Waals surface area (Å²) in [5.41, 5.74) is 2.50. The van der Waals surface area contributed by atoms with Gasteiger partial charge in [0.25, 0.3) is 5.91 Å². The molecule has 0 aliphatic rings. The summed E-state index contributed by atoms with van der Waals surface area (Å²) < 4.78 is 0. The molecule has 0 saturated carbocycles. The topological polar surface area (TPSA) is 58.2 Å². The number of nitrogens with one attached hydrogen (secondary N) is 2. The van der Waals surface area contributed by atoms with Gasteiger partial charge in [-0.15, -0.1) is 0 Å². The van der Waals surface area contributed by atoms with Gasteiger partial charge in [0.15, 0.2) is 5.78 Å². The average Bonchev–Trinajstić information content (AvgIpc) is 2.59. The summed E-state index contributed by atoms with van der Waals surface area (Å²) >= 11 is 0. The monoisotopic (exact) mass is 310 g/mol. The van der Waals surface area contributed by atoms with E-state index in [9.17, 15) is 9.59 Å². The lowest BCUT2D eigenvalue weighted by molar-refractivity contribution is 0.0939. The molecule has 2 rings (SSSR count). The molecule has 0 spiro atoms. The average molecular weight is 310 g/mol. The highest BCUT2D eigenvalue weighted by Crippen LogP contribution is 2.15. The van der Waals surface area contributed by atoms with Crippen molar-refractivity contribution in [3.05, 3.63) is 70.8 Å². The van der Waals surface area contributed by atoms with Crippen LogP contribution in [0.15, 0.2) is 48.5 Å². The van der Waals surface area contributed by atoms with Gasteiger partial charge in [0.2, 0.25) is 0 Å². The third-order valence-electron chi connectivity index (χ3n) is 3.79. The molecule has 120 valence electrons. The Morgan fingerprint density at radius 1 is 1.00 bits per heavy atom. The third kappa shape index (κ3) is 4.27. The summed E-state index contributed by atoms with van der Waals surface area (Å²) in [6.07, 6.45) is 0. The lowest BCUT2D eigenvalue weighted by atomic mass is 9.97. The van der Waals surface area contributed by atoms with Crippen LogP contribution in [-0.4, -0.2) is 31.3 Å². The molecule has 1 unspecified atom stereocenters. The minimum absolute atomic E-state index is 0.141. The highest BCUT2D eigenvalue weighted by molar-refractivity contribution is 6.15. The molecule has 23 heavy (non-hydrogen) atoms. The van der Waals surface area contributed by atoms with E-state index in [0.29, 0.717) is 23.2 Å². The molecular formula is C19H22N2O2. The standard InChI is InChI=1S/C19H22N2O2/c1-13-8-10-15(11-9-13)18(22)16-6-4-5-7-17(16)19(23)21-12-14(2)20-3/h4-11,14,20H,12H2,1-3H3,(H,21,23). The van der Waals surface area contributed by atoms with E-state index >= 15 is 0 Å².